The normalized spacial score (nSPS) is 9.20. The molecule has 0 N–H and O–H groups in total. The summed E-state index contributed by atoms with van der Waals surface area (Å²) in [6.07, 6.45) is 0. The van der Waals surface area contributed by atoms with Gasteiger partial charge in [-0.3, -0.25) is 0 Å². The first kappa shape index (κ1) is 12.1. The summed E-state index contributed by atoms with van der Waals surface area (Å²) in [5.74, 6) is 12.7. The highest BCUT2D eigenvalue weighted by molar-refractivity contribution is 5.54. The highest BCUT2D eigenvalue weighted by Crippen LogP contribution is 2.07. The van der Waals surface area contributed by atoms with Gasteiger partial charge in [-0.1, -0.05) is 12.1 Å². The van der Waals surface area contributed by atoms with Crippen LogP contribution in [0.4, 0.5) is 0 Å². The third-order valence-corrected chi connectivity index (χ3v) is 2.94. The standard InChI is InChI=1S/C20H12/c1-2-8-17(7-1)13-15-19-11-5-6-12-20(19)16-14-18-9-3-4-10-18/h1-12H/q-2. The van der Waals surface area contributed by atoms with Gasteiger partial charge in [-0.05, 0) is 12.1 Å². The molecule has 0 heterocycles. The molecule has 3 aromatic carbocycles. The summed E-state index contributed by atoms with van der Waals surface area (Å²) < 4.78 is 0. The Balaban J connectivity index is 1.92. The molecule has 0 spiro atoms. The average molecular weight is 252 g/mol. The topological polar surface area (TPSA) is 0 Å². The van der Waals surface area contributed by atoms with Gasteiger partial charge in [-0.2, -0.15) is 48.2 Å². The predicted octanol–water partition coefficient (Wildman–Crippen LogP) is 3.92. The van der Waals surface area contributed by atoms with Gasteiger partial charge in [0.15, 0.2) is 0 Å². The van der Waals surface area contributed by atoms with Gasteiger partial charge in [-0.15, -0.1) is 35.1 Å². The second-order valence-corrected chi connectivity index (χ2v) is 4.39. The zero-order valence-electron chi connectivity index (χ0n) is 10.9. The lowest BCUT2D eigenvalue weighted by Gasteiger charge is -1.98. The van der Waals surface area contributed by atoms with Crippen LogP contribution in [0, 0.1) is 23.7 Å². The highest BCUT2D eigenvalue weighted by Gasteiger charge is 1.91. The molecule has 0 saturated carbocycles. The second-order valence-electron chi connectivity index (χ2n) is 4.39. The zero-order chi connectivity index (χ0) is 13.6. The van der Waals surface area contributed by atoms with E-state index in [1.165, 1.54) is 0 Å². The van der Waals surface area contributed by atoms with Crippen molar-refractivity contribution in [2.75, 3.05) is 0 Å². The highest BCUT2D eigenvalue weighted by atomic mass is 14.0. The SMILES string of the molecule is C(#Cc1ccccc1C#Cc1ccc[cH-]1)c1ccc[cH-]1. The Morgan fingerprint density at radius 3 is 1.45 bits per heavy atom. The van der Waals surface area contributed by atoms with Crippen LogP contribution in [0.2, 0.25) is 0 Å². The number of rotatable bonds is 0. The molecule has 0 saturated heterocycles. The van der Waals surface area contributed by atoms with Crippen LogP contribution in [0.3, 0.4) is 0 Å². The van der Waals surface area contributed by atoms with E-state index in [1.807, 2.05) is 72.8 Å². The fourth-order valence-corrected chi connectivity index (χ4v) is 1.89. The maximum Gasteiger partial charge on any atom is 0.0288 e. The summed E-state index contributed by atoms with van der Waals surface area (Å²) in [4.78, 5) is 0. The molecule has 0 aliphatic carbocycles. The molecule has 3 rings (SSSR count). The van der Waals surface area contributed by atoms with Crippen molar-refractivity contribution >= 4 is 0 Å². The molecule has 0 amide bonds. The molecule has 0 aliphatic heterocycles. The third kappa shape index (κ3) is 2.89. The molecule has 0 aromatic heterocycles. The molecule has 0 heteroatoms. The monoisotopic (exact) mass is 252 g/mol. The van der Waals surface area contributed by atoms with E-state index >= 15 is 0 Å². The Labute approximate surface area is 119 Å². The van der Waals surface area contributed by atoms with Gasteiger partial charge in [0.05, 0.1) is 0 Å². The molecule has 3 aromatic rings. The summed E-state index contributed by atoms with van der Waals surface area (Å²) in [5.41, 5.74) is 3.99. The number of benzene rings is 1. The van der Waals surface area contributed by atoms with Crippen LogP contribution in [0.1, 0.15) is 22.3 Å². The van der Waals surface area contributed by atoms with Crippen LogP contribution in [0.15, 0.2) is 72.8 Å². The van der Waals surface area contributed by atoms with Crippen LogP contribution < -0.4 is 0 Å². The molecule has 0 fully saturated rings. The van der Waals surface area contributed by atoms with Gasteiger partial charge in [0, 0.05) is 11.1 Å². The van der Waals surface area contributed by atoms with E-state index in [4.69, 9.17) is 0 Å². The maximum absolute atomic E-state index is 3.19. The zero-order valence-corrected chi connectivity index (χ0v) is 10.9. The molecule has 0 nitrogen and oxygen atoms in total. The lowest BCUT2D eigenvalue weighted by molar-refractivity contribution is 1.58. The molecule has 20 heavy (non-hydrogen) atoms. The van der Waals surface area contributed by atoms with E-state index in [2.05, 4.69) is 23.7 Å². The first-order valence-corrected chi connectivity index (χ1v) is 6.48. The minimum Gasteiger partial charge on any atom is -0.187 e. The van der Waals surface area contributed by atoms with Crippen molar-refractivity contribution in [1.82, 2.24) is 0 Å². The third-order valence-electron chi connectivity index (χ3n) is 2.94. The van der Waals surface area contributed by atoms with Gasteiger partial charge in [0.25, 0.3) is 0 Å². The van der Waals surface area contributed by atoms with Crippen molar-refractivity contribution in [3.05, 3.63) is 95.1 Å². The number of hydrogen-bond donors (Lipinski definition) is 0. The molecular weight excluding hydrogens is 240 g/mol. The van der Waals surface area contributed by atoms with Crippen LogP contribution in [-0.2, 0) is 0 Å². The molecule has 0 radical (unpaired) electrons. The van der Waals surface area contributed by atoms with Crippen molar-refractivity contribution < 1.29 is 0 Å². The summed E-state index contributed by atoms with van der Waals surface area (Å²) in [6.45, 7) is 0. The smallest absolute Gasteiger partial charge is 0.0288 e. The largest absolute Gasteiger partial charge is 0.187 e. The molecular formula is C20H12-2. The minimum absolute atomic E-state index is 0.966. The van der Waals surface area contributed by atoms with E-state index in [1.54, 1.807) is 0 Å². The van der Waals surface area contributed by atoms with Gasteiger partial charge in [0.2, 0.25) is 0 Å². The summed E-state index contributed by atoms with van der Waals surface area (Å²) in [5, 5.41) is 0. The van der Waals surface area contributed by atoms with E-state index in [0.717, 1.165) is 22.3 Å². The van der Waals surface area contributed by atoms with Crippen molar-refractivity contribution in [1.29, 1.82) is 0 Å². The Morgan fingerprint density at radius 2 is 1.05 bits per heavy atom. The van der Waals surface area contributed by atoms with Crippen molar-refractivity contribution in [2.45, 2.75) is 0 Å². The second kappa shape index (κ2) is 5.79. The molecule has 0 bridgehead atoms. The lowest BCUT2D eigenvalue weighted by atomic mass is 10.1. The maximum atomic E-state index is 3.19. The Kier molecular flexibility index (Phi) is 3.50. The van der Waals surface area contributed by atoms with Gasteiger partial charge < -0.3 is 0 Å². The van der Waals surface area contributed by atoms with E-state index in [9.17, 15) is 0 Å². The van der Waals surface area contributed by atoms with E-state index in [-0.39, 0.29) is 0 Å². The summed E-state index contributed by atoms with van der Waals surface area (Å²) in [6, 6.07) is 24.0. The Hall–Kier alpha value is -2.96. The van der Waals surface area contributed by atoms with Gasteiger partial charge in [-0.25, -0.2) is 0 Å². The Morgan fingerprint density at radius 1 is 0.550 bits per heavy atom. The van der Waals surface area contributed by atoms with E-state index in [0.29, 0.717) is 0 Å². The molecule has 94 valence electrons. The number of hydrogen-bond acceptors (Lipinski definition) is 0. The van der Waals surface area contributed by atoms with Crippen molar-refractivity contribution in [3.8, 4) is 23.7 Å². The molecule has 0 atom stereocenters. The minimum atomic E-state index is 0.966. The van der Waals surface area contributed by atoms with Gasteiger partial charge >= 0.3 is 0 Å². The Bertz CT molecular complexity index is 721. The first-order chi connectivity index (χ1) is 9.92. The predicted molar refractivity (Wildman–Crippen MR) is 82.5 cm³/mol. The van der Waals surface area contributed by atoms with Crippen LogP contribution in [0.5, 0.6) is 0 Å². The van der Waals surface area contributed by atoms with E-state index < -0.39 is 0 Å². The first-order valence-electron chi connectivity index (χ1n) is 6.48. The van der Waals surface area contributed by atoms with Gasteiger partial charge in [0.1, 0.15) is 0 Å². The average Bonchev–Trinajstić information content (AvgIpc) is 3.17. The molecule has 0 aliphatic rings. The van der Waals surface area contributed by atoms with Crippen LogP contribution in [0.25, 0.3) is 0 Å². The van der Waals surface area contributed by atoms with Crippen LogP contribution >= 0.6 is 0 Å². The molecule has 0 unspecified atom stereocenters. The van der Waals surface area contributed by atoms with Crippen LogP contribution in [-0.4, -0.2) is 0 Å². The fourth-order valence-electron chi connectivity index (χ4n) is 1.89. The van der Waals surface area contributed by atoms with Crippen molar-refractivity contribution in [3.63, 3.8) is 0 Å². The van der Waals surface area contributed by atoms with Crippen molar-refractivity contribution in [2.24, 2.45) is 0 Å². The lowest BCUT2D eigenvalue weighted by Crippen LogP contribution is -1.82. The quantitative estimate of drug-likeness (QED) is 0.420. The fraction of sp³-hybridized carbons (Fsp3) is 0. The summed E-state index contributed by atoms with van der Waals surface area (Å²) in [7, 11) is 0. The summed E-state index contributed by atoms with van der Waals surface area (Å²) >= 11 is 0.